The number of hydrogen-bond donors (Lipinski definition) is 1. The molecule has 0 bridgehead atoms. The molecule has 3 aromatic rings. The predicted molar refractivity (Wildman–Crippen MR) is 109 cm³/mol. The molecule has 3 heterocycles. The van der Waals surface area contributed by atoms with Crippen LogP contribution in [0.15, 0.2) is 52.3 Å². The van der Waals surface area contributed by atoms with Gasteiger partial charge in [0.1, 0.15) is 4.90 Å². The second-order valence-corrected chi connectivity index (χ2v) is 8.82. The number of aromatic nitrogens is 3. The first-order valence-corrected chi connectivity index (χ1v) is 10.9. The number of sulfonamides is 1. The lowest BCUT2D eigenvalue weighted by atomic mass is 10.3. The molecule has 2 aromatic heterocycles. The van der Waals surface area contributed by atoms with Crippen LogP contribution in [0.1, 0.15) is 12.8 Å². The number of fused-ring (bicyclic) bond motifs is 1. The lowest BCUT2D eigenvalue weighted by molar-refractivity contribution is -0.385. The molecule has 1 aliphatic heterocycles. The number of anilines is 1. The normalized spacial score (nSPS) is 14.9. The maximum absolute atomic E-state index is 13.0. The zero-order chi connectivity index (χ0) is 21.3. The number of hydrogen-bond acceptors (Lipinski definition) is 7. The van der Waals surface area contributed by atoms with Gasteiger partial charge in [-0.15, -0.1) is 5.10 Å². The Labute approximate surface area is 171 Å². The van der Waals surface area contributed by atoms with E-state index in [0.29, 0.717) is 18.7 Å². The Morgan fingerprint density at radius 3 is 2.63 bits per heavy atom. The second kappa shape index (κ2) is 7.88. The standard InChI is InChI=1S/C18H20N6O5S/c25-18-22-11-2-1-5-17(22)20-23(18)12-8-19-15-7-6-14(24(26)27)13-16(15)30(28,29)21-9-3-4-10-21/h1-2,5-7,11,13,19H,3-4,8-10,12H2. The third-order valence-corrected chi connectivity index (χ3v) is 6.92. The maximum Gasteiger partial charge on any atom is 0.350 e. The molecule has 0 aliphatic carbocycles. The van der Waals surface area contributed by atoms with E-state index in [2.05, 4.69) is 10.4 Å². The monoisotopic (exact) mass is 432 g/mol. The summed E-state index contributed by atoms with van der Waals surface area (Å²) in [7, 11) is -3.87. The minimum absolute atomic E-state index is 0.138. The Hall–Kier alpha value is -3.25. The minimum atomic E-state index is -3.87. The van der Waals surface area contributed by atoms with Crippen LogP contribution in [-0.2, 0) is 16.6 Å². The van der Waals surface area contributed by atoms with Gasteiger partial charge in [0.05, 0.1) is 17.2 Å². The van der Waals surface area contributed by atoms with Crippen LogP contribution in [-0.4, -0.2) is 51.5 Å². The summed E-state index contributed by atoms with van der Waals surface area (Å²) in [5.41, 5.74) is 0.162. The molecule has 158 valence electrons. The molecule has 0 atom stereocenters. The number of non-ortho nitro benzene ring substituents is 1. The summed E-state index contributed by atoms with van der Waals surface area (Å²) in [4.78, 5) is 22.8. The molecule has 12 heteroatoms. The lowest BCUT2D eigenvalue weighted by Crippen LogP contribution is -2.29. The van der Waals surface area contributed by atoms with Crippen LogP contribution in [0.3, 0.4) is 0 Å². The van der Waals surface area contributed by atoms with Gasteiger partial charge in [-0.1, -0.05) is 6.07 Å². The molecule has 30 heavy (non-hydrogen) atoms. The van der Waals surface area contributed by atoms with Gasteiger partial charge in [-0.05, 0) is 31.0 Å². The van der Waals surface area contributed by atoms with E-state index in [1.165, 1.54) is 25.5 Å². The van der Waals surface area contributed by atoms with Gasteiger partial charge in [-0.25, -0.2) is 17.9 Å². The highest BCUT2D eigenvalue weighted by Crippen LogP contribution is 2.30. The van der Waals surface area contributed by atoms with E-state index >= 15 is 0 Å². The molecule has 1 fully saturated rings. The Balaban J connectivity index is 1.59. The summed E-state index contributed by atoms with van der Waals surface area (Å²) in [6.07, 6.45) is 3.13. The molecule has 1 aliphatic rings. The van der Waals surface area contributed by atoms with Gasteiger partial charge in [0, 0.05) is 38.0 Å². The van der Waals surface area contributed by atoms with E-state index in [4.69, 9.17) is 0 Å². The summed E-state index contributed by atoms with van der Waals surface area (Å²) in [6, 6.07) is 8.92. The van der Waals surface area contributed by atoms with Crippen molar-refractivity contribution in [1.82, 2.24) is 18.5 Å². The number of nitrogens with zero attached hydrogens (tertiary/aromatic N) is 5. The van der Waals surface area contributed by atoms with Gasteiger partial charge < -0.3 is 5.32 Å². The highest BCUT2D eigenvalue weighted by atomic mass is 32.2. The molecular weight excluding hydrogens is 412 g/mol. The predicted octanol–water partition coefficient (Wildman–Crippen LogP) is 1.30. The molecule has 0 saturated carbocycles. The van der Waals surface area contributed by atoms with E-state index in [0.717, 1.165) is 18.9 Å². The lowest BCUT2D eigenvalue weighted by Gasteiger charge is -2.18. The maximum atomic E-state index is 13.0. The van der Waals surface area contributed by atoms with E-state index in [1.54, 1.807) is 24.4 Å². The molecule has 11 nitrogen and oxygen atoms in total. The quantitative estimate of drug-likeness (QED) is 0.440. The highest BCUT2D eigenvalue weighted by Gasteiger charge is 2.31. The minimum Gasteiger partial charge on any atom is -0.382 e. The molecule has 0 unspecified atom stereocenters. The third kappa shape index (κ3) is 3.66. The van der Waals surface area contributed by atoms with Crippen molar-refractivity contribution >= 4 is 27.0 Å². The molecule has 4 rings (SSSR count). The van der Waals surface area contributed by atoms with Crippen molar-refractivity contribution < 1.29 is 13.3 Å². The zero-order valence-corrected chi connectivity index (χ0v) is 16.8. The molecule has 0 amide bonds. The average Bonchev–Trinajstić information content (AvgIpc) is 3.38. The van der Waals surface area contributed by atoms with Crippen LogP contribution in [0.4, 0.5) is 11.4 Å². The second-order valence-electron chi connectivity index (χ2n) is 6.91. The smallest absolute Gasteiger partial charge is 0.350 e. The van der Waals surface area contributed by atoms with Crippen molar-refractivity contribution in [2.45, 2.75) is 24.3 Å². The van der Waals surface area contributed by atoms with Gasteiger partial charge >= 0.3 is 5.69 Å². The molecule has 1 aromatic carbocycles. The van der Waals surface area contributed by atoms with Crippen molar-refractivity contribution in [1.29, 1.82) is 0 Å². The van der Waals surface area contributed by atoms with Crippen LogP contribution < -0.4 is 11.0 Å². The van der Waals surface area contributed by atoms with Crippen molar-refractivity contribution in [2.24, 2.45) is 0 Å². The van der Waals surface area contributed by atoms with Crippen molar-refractivity contribution in [2.75, 3.05) is 25.0 Å². The Kier molecular flexibility index (Phi) is 5.26. The number of pyridine rings is 1. The Morgan fingerprint density at radius 2 is 1.93 bits per heavy atom. The van der Waals surface area contributed by atoms with Crippen molar-refractivity contribution in [3.8, 4) is 0 Å². The van der Waals surface area contributed by atoms with Gasteiger partial charge in [0.15, 0.2) is 5.65 Å². The van der Waals surface area contributed by atoms with Crippen LogP contribution >= 0.6 is 0 Å². The first-order chi connectivity index (χ1) is 14.4. The van der Waals surface area contributed by atoms with Gasteiger partial charge in [-0.2, -0.15) is 4.31 Å². The van der Waals surface area contributed by atoms with E-state index in [-0.39, 0.29) is 35.0 Å². The first kappa shape index (κ1) is 20.0. The molecule has 0 spiro atoms. The first-order valence-electron chi connectivity index (χ1n) is 9.44. The number of benzene rings is 1. The number of nitro groups is 1. The molecular formula is C18H20N6O5S. The van der Waals surface area contributed by atoms with Crippen molar-refractivity contribution in [3.63, 3.8) is 0 Å². The van der Waals surface area contributed by atoms with Crippen LogP contribution in [0, 0.1) is 10.1 Å². The van der Waals surface area contributed by atoms with E-state index in [9.17, 15) is 23.3 Å². The fourth-order valence-electron chi connectivity index (χ4n) is 3.46. The average molecular weight is 432 g/mol. The van der Waals surface area contributed by atoms with Gasteiger partial charge in [0.25, 0.3) is 5.69 Å². The largest absolute Gasteiger partial charge is 0.382 e. The van der Waals surface area contributed by atoms with Gasteiger partial charge in [-0.3, -0.25) is 14.5 Å². The summed E-state index contributed by atoms with van der Waals surface area (Å²) < 4.78 is 30.1. The summed E-state index contributed by atoms with van der Waals surface area (Å²) in [5.74, 6) is 0. The Morgan fingerprint density at radius 1 is 1.17 bits per heavy atom. The molecule has 1 saturated heterocycles. The SMILES string of the molecule is O=c1n(CCNc2ccc([N+](=O)[O-])cc2S(=O)(=O)N2CCCC2)nc2ccccn12. The van der Waals surface area contributed by atoms with Crippen LogP contribution in [0.2, 0.25) is 0 Å². The fraction of sp³-hybridized carbons (Fsp3) is 0.333. The van der Waals surface area contributed by atoms with Crippen LogP contribution in [0.5, 0.6) is 0 Å². The van der Waals surface area contributed by atoms with Gasteiger partial charge in [0.2, 0.25) is 10.0 Å². The summed E-state index contributed by atoms with van der Waals surface area (Å²) in [6.45, 7) is 1.19. The van der Waals surface area contributed by atoms with E-state index < -0.39 is 14.9 Å². The number of nitrogens with one attached hydrogen (secondary N) is 1. The fourth-order valence-corrected chi connectivity index (χ4v) is 5.17. The van der Waals surface area contributed by atoms with E-state index in [1.807, 2.05) is 0 Å². The highest BCUT2D eigenvalue weighted by molar-refractivity contribution is 7.89. The Bertz CT molecular complexity index is 1260. The van der Waals surface area contributed by atoms with Crippen molar-refractivity contribution in [3.05, 3.63) is 63.2 Å². The molecule has 1 N–H and O–H groups in total. The summed E-state index contributed by atoms with van der Waals surface area (Å²) >= 11 is 0. The topological polar surface area (TPSA) is 132 Å². The third-order valence-electron chi connectivity index (χ3n) is 4.99. The zero-order valence-electron chi connectivity index (χ0n) is 16.0. The van der Waals surface area contributed by atoms with Crippen LogP contribution in [0.25, 0.3) is 5.65 Å². The number of nitro benzene ring substituents is 1. The number of rotatable bonds is 7. The summed E-state index contributed by atoms with van der Waals surface area (Å²) in [5, 5.41) is 18.4. The molecule has 0 radical (unpaired) electrons.